The van der Waals surface area contributed by atoms with Gasteiger partial charge >= 0.3 is 6.03 Å². The van der Waals surface area contributed by atoms with E-state index in [1.165, 1.54) is 37.7 Å². The average molecular weight is 272 g/mol. The van der Waals surface area contributed by atoms with E-state index >= 15 is 0 Å². The molecule has 0 saturated heterocycles. The number of aryl methyl sites for hydroxylation is 1. The largest absolute Gasteiger partial charge is 0.323 e. The summed E-state index contributed by atoms with van der Waals surface area (Å²) in [6, 6.07) is 5.75. The molecule has 0 unspecified atom stereocenters. The highest BCUT2D eigenvalue weighted by molar-refractivity contribution is 5.90. The van der Waals surface area contributed by atoms with Gasteiger partial charge < -0.3 is 10.6 Å². The Morgan fingerprint density at radius 2 is 1.95 bits per heavy atom. The van der Waals surface area contributed by atoms with Gasteiger partial charge in [-0.2, -0.15) is 0 Å². The number of carbonyl (C=O) groups excluding carboxylic acids is 1. The molecule has 1 aromatic carbocycles. The maximum atomic E-state index is 11.8. The molecule has 0 radical (unpaired) electrons. The normalized spacial score (nSPS) is 16.3. The number of urea groups is 1. The zero-order chi connectivity index (χ0) is 14.4. The first-order valence-electron chi connectivity index (χ1n) is 7.47. The molecule has 2 rings (SSSR count). The number of hydrogen-bond donors (Lipinski definition) is 2. The minimum absolute atomic E-state index is 0.175. The molecular formula is C17H24N2O. The minimum atomic E-state index is -0.175. The van der Waals surface area contributed by atoms with Gasteiger partial charge in [-0.15, -0.1) is 0 Å². The van der Waals surface area contributed by atoms with Gasteiger partial charge in [0.15, 0.2) is 0 Å². The predicted octanol–water partition coefficient (Wildman–Crippen LogP) is 4.52. The zero-order valence-electron chi connectivity index (χ0n) is 12.4. The molecule has 0 aliphatic heterocycles. The summed E-state index contributed by atoms with van der Waals surface area (Å²) in [6.45, 7) is 4.06. The van der Waals surface area contributed by atoms with Crippen molar-refractivity contribution in [3.63, 3.8) is 0 Å². The van der Waals surface area contributed by atoms with Crippen molar-refractivity contribution in [3.05, 3.63) is 41.6 Å². The summed E-state index contributed by atoms with van der Waals surface area (Å²) in [5, 5.41) is 5.68. The highest BCUT2D eigenvalue weighted by Gasteiger charge is 2.10. The Morgan fingerprint density at radius 1 is 1.20 bits per heavy atom. The molecule has 1 aromatic rings. The monoisotopic (exact) mass is 272 g/mol. The van der Waals surface area contributed by atoms with E-state index in [-0.39, 0.29) is 6.03 Å². The predicted molar refractivity (Wildman–Crippen MR) is 83.8 cm³/mol. The van der Waals surface area contributed by atoms with Gasteiger partial charge in [-0.25, -0.2) is 4.79 Å². The van der Waals surface area contributed by atoms with Crippen LogP contribution in [0.3, 0.4) is 0 Å². The summed E-state index contributed by atoms with van der Waals surface area (Å²) >= 11 is 0. The summed E-state index contributed by atoms with van der Waals surface area (Å²) in [5.74, 6) is 0.629. The fraction of sp³-hybridized carbons (Fsp3) is 0.471. The van der Waals surface area contributed by atoms with Crippen LogP contribution < -0.4 is 10.6 Å². The van der Waals surface area contributed by atoms with E-state index in [0.717, 1.165) is 11.3 Å². The van der Waals surface area contributed by atoms with Gasteiger partial charge in [0.25, 0.3) is 0 Å². The van der Waals surface area contributed by atoms with Crippen LogP contribution in [0.25, 0.3) is 0 Å². The first-order chi connectivity index (χ1) is 9.66. The van der Waals surface area contributed by atoms with Gasteiger partial charge in [-0.1, -0.05) is 37.5 Å². The summed E-state index contributed by atoms with van der Waals surface area (Å²) in [6.07, 6.45) is 10.4. The van der Waals surface area contributed by atoms with Crippen LogP contribution in [0.4, 0.5) is 10.5 Å². The second kappa shape index (κ2) is 7.13. The molecular weight excluding hydrogens is 248 g/mol. The Hall–Kier alpha value is -1.77. The molecule has 0 atom stereocenters. The molecule has 0 aromatic heterocycles. The van der Waals surface area contributed by atoms with Crippen molar-refractivity contribution >= 4 is 11.7 Å². The van der Waals surface area contributed by atoms with Crippen molar-refractivity contribution in [2.24, 2.45) is 5.92 Å². The van der Waals surface area contributed by atoms with Gasteiger partial charge in [0, 0.05) is 11.9 Å². The number of carbonyl (C=O) groups is 1. The molecule has 0 bridgehead atoms. The van der Waals surface area contributed by atoms with Crippen LogP contribution in [-0.4, -0.2) is 6.03 Å². The Labute approximate surface area is 121 Å². The van der Waals surface area contributed by atoms with Crippen molar-refractivity contribution in [3.8, 4) is 0 Å². The number of nitrogens with one attached hydrogen (secondary N) is 2. The first kappa shape index (κ1) is 14.6. The summed E-state index contributed by atoms with van der Waals surface area (Å²) in [7, 11) is 0. The summed E-state index contributed by atoms with van der Waals surface area (Å²) in [4.78, 5) is 11.8. The molecule has 3 nitrogen and oxygen atoms in total. The molecule has 108 valence electrons. The summed E-state index contributed by atoms with van der Waals surface area (Å²) < 4.78 is 0. The fourth-order valence-electron chi connectivity index (χ4n) is 2.63. The van der Waals surface area contributed by atoms with Gasteiger partial charge in [0.1, 0.15) is 0 Å². The lowest BCUT2D eigenvalue weighted by Crippen LogP contribution is -2.24. The van der Waals surface area contributed by atoms with E-state index in [4.69, 9.17) is 0 Å². The molecule has 2 N–H and O–H groups in total. The fourth-order valence-corrected chi connectivity index (χ4v) is 2.63. The first-order valence-corrected chi connectivity index (χ1v) is 7.47. The third-order valence-corrected chi connectivity index (χ3v) is 4.09. The number of hydrogen-bond acceptors (Lipinski definition) is 1. The standard InChI is InChI=1S/C17H24N2O/c1-13-7-6-10-16(14(13)2)19-17(20)18-12-11-15-8-4-3-5-9-15/h6-7,10-12,15H,3-5,8-9H2,1-2H3,(H2,18,19,20)/b12-11+. The van der Waals surface area contributed by atoms with Gasteiger partial charge in [-0.05, 0) is 49.8 Å². The van der Waals surface area contributed by atoms with Crippen molar-refractivity contribution in [2.45, 2.75) is 46.0 Å². The molecule has 3 heteroatoms. The van der Waals surface area contributed by atoms with Crippen molar-refractivity contribution in [1.29, 1.82) is 0 Å². The number of amides is 2. The van der Waals surface area contributed by atoms with Crippen LogP contribution in [0.15, 0.2) is 30.5 Å². The SMILES string of the molecule is Cc1cccc(NC(=O)N/C=C/C2CCCCC2)c1C. The Balaban J connectivity index is 1.83. The lowest BCUT2D eigenvalue weighted by molar-refractivity contribution is 0.255. The number of benzene rings is 1. The van der Waals surface area contributed by atoms with Crippen molar-refractivity contribution in [2.75, 3.05) is 5.32 Å². The molecule has 1 aliphatic rings. The van der Waals surface area contributed by atoms with E-state index < -0.39 is 0 Å². The van der Waals surface area contributed by atoms with Gasteiger partial charge in [-0.3, -0.25) is 0 Å². The lowest BCUT2D eigenvalue weighted by atomic mass is 9.89. The molecule has 0 heterocycles. The number of allylic oxidation sites excluding steroid dienone is 1. The van der Waals surface area contributed by atoms with E-state index in [0.29, 0.717) is 5.92 Å². The molecule has 2 amide bonds. The third-order valence-electron chi connectivity index (χ3n) is 4.09. The smallest absolute Gasteiger partial charge is 0.315 e. The maximum absolute atomic E-state index is 11.8. The minimum Gasteiger partial charge on any atom is -0.315 e. The van der Waals surface area contributed by atoms with E-state index in [2.05, 4.69) is 16.7 Å². The lowest BCUT2D eigenvalue weighted by Gasteiger charge is -2.17. The topological polar surface area (TPSA) is 41.1 Å². The Kier molecular flexibility index (Phi) is 5.22. The average Bonchev–Trinajstić information content (AvgIpc) is 2.45. The van der Waals surface area contributed by atoms with Gasteiger partial charge in [0.2, 0.25) is 0 Å². The Morgan fingerprint density at radius 3 is 2.70 bits per heavy atom. The van der Waals surface area contributed by atoms with Crippen LogP contribution in [-0.2, 0) is 0 Å². The number of anilines is 1. The molecule has 0 spiro atoms. The van der Waals surface area contributed by atoms with Crippen LogP contribution in [0.2, 0.25) is 0 Å². The van der Waals surface area contributed by atoms with Crippen LogP contribution >= 0.6 is 0 Å². The quantitative estimate of drug-likeness (QED) is 0.834. The maximum Gasteiger partial charge on any atom is 0.323 e. The molecule has 1 fully saturated rings. The summed E-state index contributed by atoms with van der Waals surface area (Å²) in [5.41, 5.74) is 3.16. The zero-order valence-corrected chi connectivity index (χ0v) is 12.4. The van der Waals surface area contributed by atoms with Crippen LogP contribution in [0.1, 0.15) is 43.2 Å². The molecule has 1 saturated carbocycles. The number of rotatable bonds is 3. The molecule has 20 heavy (non-hydrogen) atoms. The van der Waals surface area contributed by atoms with Crippen molar-refractivity contribution < 1.29 is 4.79 Å². The van der Waals surface area contributed by atoms with E-state index in [1.54, 1.807) is 6.20 Å². The van der Waals surface area contributed by atoms with E-state index in [1.807, 2.05) is 32.0 Å². The molecule has 1 aliphatic carbocycles. The highest BCUT2D eigenvalue weighted by Crippen LogP contribution is 2.24. The van der Waals surface area contributed by atoms with Crippen molar-refractivity contribution in [1.82, 2.24) is 5.32 Å². The second-order valence-electron chi connectivity index (χ2n) is 5.60. The van der Waals surface area contributed by atoms with Crippen LogP contribution in [0, 0.1) is 19.8 Å². The Bertz CT molecular complexity index is 488. The second-order valence-corrected chi connectivity index (χ2v) is 5.60. The highest BCUT2D eigenvalue weighted by atomic mass is 16.2. The van der Waals surface area contributed by atoms with E-state index in [9.17, 15) is 4.79 Å². The van der Waals surface area contributed by atoms with Crippen LogP contribution in [0.5, 0.6) is 0 Å². The third kappa shape index (κ3) is 4.12. The van der Waals surface area contributed by atoms with Gasteiger partial charge in [0.05, 0.1) is 0 Å².